The fourth-order valence-electron chi connectivity index (χ4n) is 1.47. The van der Waals surface area contributed by atoms with Crippen LogP contribution in [0.2, 0.25) is 0 Å². The molecular weight excluding hydrogens is 208 g/mol. The van der Waals surface area contributed by atoms with E-state index in [4.69, 9.17) is 0 Å². The minimum Gasteiger partial charge on any atom is -0.294 e. The lowest BCUT2D eigenvalue weighted by atomic mass is 9.86. The first-order valence-electron chi connectivity index (χ1n) is 4.96. The average molecular weight is 222 g/mol. The van der Waals surface area contributed by atoms with Crippen LogP contribution in [0.4, 0.5) is 0 Å². The van der Waals surface area contributed by atoms with Gasteiger partial charge in [0.1, 0.15) is 0 Å². The smallest absolute Gasteiger partial charge is 0.209 e. The van der Waals surface area contributed by atoms with Crippen molar-refractivity contribution in [1.29, 1.82) is 0 Å². The highest BCUT2D eigenvalue weighted by molar-refractivity contribution is 5.96. The average Bonchev–Trinajstić information content (AvgIpc) is 2.16. The van der Waals surface area contributed by atoms with Gasteiger partial charge in [-0.2, -0.15) is 0 Å². The van der Waals surface area contributed by atoms with Crippen LogP contribution in [0.3, 0.4) is 0 Å². The van der Waals surface area contributed by atoms with Crippen molar-refractivity contribution in [3.63, 3.8) is 0 Å². The number of carbonyl (C=O) groups excluding carboxylic acids is 1. The first-order valence-corrected chi connectivity index (χ1v) is 4.96. The van der Waals surface area contributed by atoms with Gasteiger partial charge in [0.2, 0.25) is 6.54 Å². The highest BCUT2D eigenvalue weighted by Gasteiger charge is 2.28. The van der Waals surface area contributed by atoms with Gasteiger partial charge >= 0.3 is 0 Å². The Balaban J connectivity index is 2.68. The lowest BCUT2D eigenvalue weighted by molar-refractivity contribution is -0.495. The Morgan fingerprint density at radius 1 is 1.56 bits per heavy atom. The summed E-state index contributed by atoms with van der Waals surface area (Å²) in [5, 5.41) is 10.4. The number of nitro groups is 1. The summed E-state index contributed by atoms with van der Waals surface area (Å²) in [6.45, 7) is 3.22. The van der Waals surface area contributed by atoms with Crippen LogP contribution in [0.25, 0.3) is 0 Å². The van der Waals surface area contributed by atoms with Crippen LogP contribution in [0.15, 0.2) is 24.5 Å². The van der Waals surface area contributed by atoms with Gasteiger partial charge in [0.15, 0.2) is 5.78 Å². The van der Waals surface area contributed by atoms with Crippen molar-refractivity contribution in [3.8, 4) is 0 Å². The number of carbonyl (C=O) groups is 1. The van der Waals surface area contributed by atoms with Gasteiger partial charge < -0.3 is 0 Å². The summed E-state index contributed by atoms with van der Waals surface area (Å²) in [6.07, 6.45) is 3.21. The molecular formula is C11H14N2O3. The van der Waals surface area contributed by atoms with E-state index in [-0.39, 0.29) is 18.7 Å². The second-order valence-electron chi connectivity index (χ2n) is 4.50. The third-order valence-corrected chi connectivity index (χ3v) is 2.18. The molecule has 0 radical (unpaired) electrons. The summed E-state index contributed by atoms with van der Waals surface area (Å²) in [4.78, 5) is 25.6. The molecule has 0 amide bonds. The van der Waals surface area contributed by atoms with Gasteiger partial charge in [-0.1, -0.05) is 13.8 Å². The Kier molecular flexibility index (Phi) is 3.71. The molecule has 1 aromatic heterocycles. The van der Waals surface area contributed by atoms with E-state index in [9.17, 15) is 14.9 Å². The zero-order valence-corrected chi connectivity index (χ0v) is 9.34. The molecule has 1 heterocycles. The lowest BCUT2D eigenvalue weighted by Crippen LogP contribution is -2.26. The first kappa shape index (κ1) is 12.3. The molecule has 0 saturated carbocycles. The lowest BCUT2D eigenvalue weighted by Gasteiger charge is -2.18. The van der Waals surface area contributed by atoms with Crippen molar-refractivity contribution < 1.29 is 9.72 Å². The molecule has 0 spiro atoms. The quantitative estimate of drug-likeness (QED) is 0.433. The van der Waals surface area contributed by atoms with E-state index in [1.807, 2.05) is 0 Å². The summed E-state index contributed by atoms with van der Waals surface area (Å²) in [6, 6.07) is 3.34. The van der Waals surface area contributed by atoms with Crippen molar-refractivity contribution in [2.45, 2.75) is 20.3 Å². The number of hydrogen-bond acceptors (Lipinski definition) is 4. The van der Waals surface area contributed by atoms with E-state index < -0.39 is 10.3 Å². The number of Topliss-reactive ketones (excluding diaryl/α,β-unsaturated/α-hetero) is 1. The molecule has 16 heavy (non-hydrogen) atoms. The number of pyridine rings is 1. The van der Waals surface area contributed by atoms with E-state index in [0.29, 0.717) is 5.56 Å². The molecule has 1 aromatic rings. The van der Waals surface area contributed by atoms with E-state index >= 15 is 0 Å². The van der Waals surface area contributed by atoms with Gasteiger partial charge in [-0.15, -0.1) is 0 Å². The fourth-order valence-corrected chi connectivity index (χ4v) is 1.47. The molecule has 0 N–H and O–H groups in total. The van der Waals surface area contributed by atoms with Crippen LogP contribution in [0.1, 0.15) is 30.6 Å². The molecule has 0 aliphatic carbocycles. The fraction of sp³-hybridized carbons (Fsp3) is 0.455. The standard InChI is InChI=1S/C11H14N2O3/c1-11(2,8-13(15)16)6-10(14)9-4-3-5-12-7-9/h3-5,7H,6,8H2,1-2H3. The Bertz CT molecular complexity index is 387. The number of rotatable bonds is 5. The minimum absolute atomic E-state index is 0.111. The summed E-state index contributed by atoms with van der Waals surface area (Å²) in [5.41, 5.74) is -0.130. The molecule has 86 valence electrons. The summed E-state index contributed by atoms with van der Waals surface area (Å²) >= 11 is 0. The van der Waals surface area contributed by atoms with Gasteiger partial charge in [0.25, 0.3) is 0 Å². The van der Waals surface area contributed by atoms with Gasteiger partial charge in [0, 0.05) is 34.7 Å². The molecule has 1 rings (SSSR count). The summed E-state index contributed by atoms with van der Waals surface area (Å²) < 4.78 is 0. The molecule has 0 aromatic carbocycles. The SMILES string of the molecule is CC(C)(CC(=O)c1cccnc1)C[N+](=O)[O-]. The monoisotopic (exact) mass is 222 g/mol. The summed E-state index contributed by atoms with van der Waals surface area (Å²) in [5.74, 6) is -0.111. The van der Waals surface area contributed by atoms with Crippen molar-refractivity contribution in [3.05, 3.63) is 40.2 Å². The zero-order valence-electron chi connectivity index (χ0n) is 9.34. The van der Waals surface area contributed by atoms with Gasteiger partial charge in [0.05, 0.1) is 0 Å². The zero-order chi connectivity index (χ0) is 12.2. The highest BCUT2D eigenvalue weighted by Crippen LogP contribution is 2.22. The third kappa shape index (κ3) is 3.76. The number of nitrogens with zero attached hydrogens (tertiary/aromatic N) is 2. The summed E-state index contributed by atoms with van der Waals surface area (Å²) in [7, 11) is 0. The maximum absolute atomic E-state index is 11.8. The molecule has 5 heteroatoms. The van der Waals surface area contributed by atoms with Crippen molar-refractivity contribution in [2.24, 2.45) is 5.41 Å². The molecule has 0 saturated heterocycles. The number of hydrogen-bond donors (Lipinski definition) is 0. The van der Waals surface area contributed by atoms with E-state index in [0.717, 1.165) is 0 Å². The van der Waals surface area contributed by atoms with Crippen molar-refractivity contribution in [2.75, 3.05) is 6.54 Å². The predicted octanol–water partition coefficient (Wildman–Crippen LogP) is 1.96. The van der Waals surface area contributed by atoms with E-state index in [2.05, 4.69) is 4.98 Å². The predicted molar refractivity (Wildman–Crippen MR) is 58.8 cm³/mol. The maximum atomic E-state index is 11.8. The Morgan fingerprint density at radius 3 is 2.75 bits per heavy atom. The Labute approximate surface area is 93.7 Å². The molecule has 0 fully saturated rings. The molecule has 0 bridgehead atoms. The van der Waals surface area contributed by atoms with E-state index in [1.54, 1.807) is 32.2 Å². The molecule has 0 aliphatic rings. The van der Waals surface area contributed by atoms with Crippen LogP contribution in [-0.4, -0.2) is 22.2 Å². The van der Waals surface area contributed by atoms with Crippen molar-refractivity contribution >= 4 is 5.78 Å². The van der Waals surface area contributed by atoms with Gasteiger partial charge in [-0.25, -0.2) is 0 Å². The second-order valence-corrected chi connectivity index (χ2v) is 4.50. The van der Waals surface area contributed by atoms with Crippen LogP contribution in [0, 0.1) is 15.5 Å². The minimum atomic E-state index is -0.629. The molecule has 0 atom stereocenters. The topological polar surface area (TPSA) is 73.1 Å². The normalized spacial score (nSPS) is 11.1. The second kappa shape index (κ2) is 4.83. The highest BCUT2D eigenvalue weighted by atomic mass is 16.6. The number of aromatic nitrogens is 1. The first-order chi connectivity index (χ1) is 7.41. The largest absolute Gasteiger partial charge is 0.294 e. The molecule has 0 aliphatic heterocycles. The Hall–Kier alpha value is -1.78. The number of ketones is 1. The van der Waals surface area contributed by atoms with E-state index in [1.165, 1.54) is 6.20 Å². The van der Waals surface area contributed by atoms with Crippen LogP contribution in [0.5, 0.6) is 0 Å². The third-order valence-electron chi connectivity index (χ3n) is 2.18. The van der Waals surface area contributed by atoms with Crippen molar-refractivity contribution in [1.82, 2.24) is 4.98 Å². The van der Waals surface area contributed by atoms with Gasteiger partial charge in [-0.3, -0.25) is 19.9 Å². The van der Waals surface area contributed by atoms with Crippen LogP contribution < -0.4 is 0 Å². The van der Waals surface area contributed by atoms with Crippen LogP contribution in [-0.2, 0) is 0 Å². The van der Waals surface area contributed by atoms with Crippen LogP contribution >= 0.6 is 0 Å². The molecule has 0 unspecified atom stereocenters. The van der Waals surface area contributed by atoms with Gasteiger partial charge in [-0.05, 0) is 12.1 Å². The Morgan fingerprint density at radius 2 is 2.25 bits per heavy atom. The molecule has 5 nitrogen and oxygen atoms in total. The maximum Gasteiger partial charge on any atom is 0.209 e.